The minimum atomic E-state index is -1.01. The van der Waals surface area contributed by atoms with Gasteiger partial charge in [0.1, 0.15) is 15.6 Å². The molecular formula is C13H13NO5S. The summed E-state index contributed by atoms with van der Waals surface area (Å²) in [5.74, 6) is 0.584. The van der Waals surface area contributed by atoms with Crippen LogP contribution in [0.15, 0.2) is 18.3 Å². The lowest BCUT2D eigenvalue weighted by Gasteiger charge is -2.12. The number of carboxylic acid groups (broad SMARTS) is 1. The summed E-state index contributed by atoms with van der Waals surface area (Å²) < 4.78 is 15.7. The van der Waals surface area contributed by atoms with E-state index < -0.39 is 5.97 Å². The van der Waals surface area contributed by atoms with Gasteiger partial charge in [0.2, 0.25) is 0 Å². The number of carboxylic acids is 1. The van der Waals surface area contributed by atoms with Crippen molar-refractivity contribution in [2.24, 2.45) is 0 Å². The monoisotopic (exact) mass is 295 g/mol. The molecule has 0 aliphatic carbocycles. The third-order valence-corrected chi connectivity index (χ3v) is 3.67. The van der Waals surface area contributed by atoms with Crippen molar-refractivity contribution in [3.05, 3.63) is 23.2 Å². The summed E-state index contributed by atoms with van der Waals surface area (Å²) in [6.07, 6.45) is 1.32. The fourth-order valence-electron chi connectivity index (χ4n) is 1.69. The van der Waals surface area contributed by atoms with Crippen molar-refractivity contribution in [1.29, 1.82) is 0 Å². The highest BCUT2D eigenvalue weighted by atomic mass is 32.1. The molecule has 1 heterocycles. The number of benzene rings is 1. The number of hydrogen-bond donors (Lipinski definition) is 1. The number of ether oxygens (including phenoxy) is 3. The van der Waals surface area contributed by atoms with Gasteiger partial charge in [-0.25, -0.2) is 9.78 Å². The van der Waals surface area contributed by atoms with E-state index in [1.165, 1.54) is 27.5 Å². The molecular weight excluding hydrogens is 282 g/mol. The number of hydrogen-bond acceptors (Lipinski definition) is 6. The molecule has 0 unspecified atom stereocenters. The minimum Gasteiger partial charge on any atom is -0.496 e. The second-order valence-electron chi connectivity index (χ2n) is 3.74. The molecule has 0 atom stereocenters. The molecule has 0 saturated heterocycles. The molecule has 6 nitrogen and oxygen atoms in total. The Balaban J connectivity index is 2.56. The molecule has 0 amide bonds. The number of aromatic carboxylic acids is 1. The van der Waals surface area contributed by atoms with Crippen LogP contribution in [0.3, 0.4) is 0 Å². The molecule has 0 saturated carbocycles. The summed E-state index contributed by atoms with van der Waals surface area (Å²) in [6.45, 7) is 0. The average molecular weight is 295 g/mol. The summed E-state index contributed by atoms with van der Waals surface area (Å²) in [5, 5.41) is 9.49. The number of nitrogens with zero attached hydrogens (tertiary/aromatic N) is 1. The smallest absolute Gasteiger partial charge is 0.347 e. The fraction of sp³-hybridized carbons (Fsp3) is 0.231. The highest BCUT2D eigenvalue weighted by molar-refractivity contribution is 7.16. The Bertz CT molecular complexity index is 638. The zero-order valence-corrected chi connectivity index (χ0v) is 12.0. The van der Waals surface area contributed by atoms with Gasteiger partial charge in [-0.1, -0.05) is 0 Å². The molecule has 20 heavy (non-hydrogen) atoms. The Hall–Kier alpha value is -2.28. The largest absolute Gasteiger partial charge is 0.496 e. The zero-order valence-electron chi connectivity index (χ0n) is 11.2. The molecule has 0 spiro atoms. The maximum Gasteiger partial charge on any atom is 0.347 e. The van der Waals surface area contributed by atoms with E-state index >= 15 is 0 Å². The van der Waals surface area contributed by atoms with Crippen molar-refractivity contribution in [3.8, 4) is 27.8 Å². The maximum absolute atomic E-state index is 10.9. The Kier molecular flexibility index (Phi) is 4.09. The van der Waals surface area contributed by atoms with Crippen LogP contribution in [0.25, 0.3) is 10.6 Å². The van der Waals surface area contributed by atoms with Gasteiger partial charge < -0.3 is 19.3 Å². The van der Waals surface area contributed by atoms with Crippen molar-refractivity contribution < 1.29 is 24.1 Å². The molecule has 0 radical (unpaired) electrons. The predicted octanol–water partition coefficient (Wildman–Crippen LogP) is 2.53. The van der Waals surface area contributed by atoms with Crippen LogP contribution in [0, 0.1) is 0 Å². The van der Waals surface area contributed by atoms with Crippen LogP contribution in [0.4, 0.5) is 0 Å². The quantitative estimate of drug-likeness (QED) is 0.913. The first-order valence-electron chi connectivity index (χ1n) is 5.60. The van der Waals surface area contributed by atoms with Gasteiger partial charge in [-0.05, 0) is 6.07 Å². The molecule has 0 aliphatic rings. The lowest BCUT2D eigenvalue weighted by Crippen LogP contribution is -1.94. The van der Waals surface area contributed by atoms with E-state index in [9.17, 15) is 4.79 Å². The third-order valence-electron chi connectivity index (χ3n) is 2.65. The molecule has 2 aromatic rings. The number of aromatic nitrogens is 1. The summed E-state index contributed by atoms with van der Waals surface area (Å²) in [5.41, 5.74) is 0.655. The third kappa shape index (κ3) is 2.53. The normalized spacial score (nSPS) is 10.2. The van der Waals surface area contributed by atoms with E-state index in [1.54, 1.807) is 12.1 Å². The molecule has 7 heteroatoms. The van der Waals surface area contributed by atoms with E-state index in [4.69, 9.17) is 19.3 Å². The highest BCUT2D eigenvalue weighted by Crippen LogP contribution is 2.41. The molecule has 0 aliphatic heterocycles. The van der Waals surface area contributed by atoms with Crippen LogP contribution in [0.2, 0.25) is 0 Å². The van der Waals surface area contributed by atoms with Gasteiger partial charge in [-0.2, -0.15) is 0 Å². The maximum atomic E-state index is 10.9. The summed E-state index contributed by atoms with van der Waals surface area (Å²) >= 11 is 1.07. The van der Waals surface area contributed by atoms with Gasteiger partial charge in [-0.3, -0.25) is 0 Å². The summed E-state index contributed by atoms with van der Waals surface area (Å²) in [6, 6.07) is 3.39. The number of thiazole rings is 1. The van der Waals surface area contributed by atoms with Gasteiger partial charge in [0.25, 0.3) is 0 Å². The van der Waals surface area contributed by atoms with Crippen molar-refractivity contribution >= 4 is 17.3 Å². The molecule has 1 aromatic heterocycles. The van der Waals surface area contributed by atoms with Gasteiger partial charge in [-0.15, -0.1) is 11.3 Å². The fourth-order valence-corrected chi connectivity index (χ4v) is 2.47. The van der Waals surface area contributed by atoms with E-state index in [1.807, 2.05) is 0 Å². The zero-order chi connectivity index (χ0) is 14.7. The number of rotatable bonds is 5. The van der Waals surface area contributed by atoms with E-state index in [0.29, 0.717) is 27.8 Å². The number of carbonyl (C=O) groups is 1. The molecule has 2 rings (SSSR count). The first kappa shape index (κ1) is 14.1. The lowest BCUT2D eigenvalue weighted by atomic mass is 10.2. The van der Waals surface area contributed by atoms with Gasteiger partial charge in [0.05, 0.1) is 33.1 Å². The van der Waals surface area contributed by atoms with Gasteiger partial charge >= 0.3 is 5.97 Å². The first-order chi connectivity index (χ1) is 9.60. The predicted molar refractivity (Wildman–Crippen MR) is 74.2 cm³/mol. The molecule has 0 fully saturated rings. The van der Waals surface area contributed by atoms with E-state index in [2.05, 4.69) is 4.98 Å². The standard InChI is InChI=1S/C13H13NO5S/c1-17-8-5-10(19-3)9(18-2)4-7(8)12-14-6-11(20-12)13(15)16/h4-6H,1-3H3,(H,15,16). The SMILES string of the molecule is COc1cc(OC)c(-c2ncc(C(=O)O)s2)cc1OC. The van der Waals surface area contributed by atoms with Crippen molar-refractivity contribution in [2.75, 3.05) is 21.3 Å². The van der Waals surface area contributed by atoms with Crippen molar-refractivity contribution in [1.82, 2.24) is 4.98 Å². The van der Waals surface area contributed by atoms with Crippen molar-refractivity contribution in [3.63, 3.8) is 0 Å². The Morgan fingerprint density at radius 2 is 1.70 bits per heavy atom. The van der Waals surface area contributed by atoms with Gasteiger partial charge in [0.15, 0.2) is 11.5 Å². The van der Waals surface area contributed by atoms with Crippen LogP contribution in [-0.2, 0) is 0 Å². The van der Waals surface area contributed by atoms with Gasteiger partial charge in [0, 0.05) is 6.07 Å². The Morgan fingerprint density at radius 3 is 2.20 bits per heavy atom. The molecule has 1 N–H and O–H groups in total. The number of methoxy groups -OCH3 is 3. The lowest BCUT2D eigenvalue weighted by molar-refractivity contribution is 0.0702. The Labute approximate surface area is 119 Å². The van der Waals surface area contributed by atoms with Crippen LogP contribution in [-0.4, -0.2) is 37.4 Å². The Morgan fingerprint density at radius 1 is 1.10 bits per heavy atom. The van der Waals surface area contributed by atoms with Crippen LogP contribution in [0.1, 0.15) is 9.67 Å². The molecule has 1 aromatic carbocycles. The summed E-state index contributed by atoms with van der Waals surface area (Å²) in [7, 11) is 4.58. The van der Waals surface area contributed by atoms with Crippen LogP contribution in [0.5, 0.6) is 17.2 Å². The average Bonchev–Trinajstić information content (AvgIpc) is 2.95. The van der Waals surface area contributed by atoms with Crippen LogP contribution >= 0.6 is 11.3 Å². The van der Waals surface area contributed by atoms with E-state index in [0.717, 1.165) is 11.3 Å². The summed E-state index contributed by atoms with van der Waals surface area (Å²) in [4.78, 5) is 15.2. The first-order valence-corrected chi connectivity index (χ1v) is 6.41. The van der Waals surface area contributed by atoms with Crippen molar-refractivity contribution in [2.45, 2.75) is 0 Å². The molecule has 106 valence electrons. The second-order valence-corrected chi connectivity index (χ2v) is 4.77. The second kappa shape index (κ2) is 5.79. The highest BCUT2D eigenvalue weighted by Gasteiger charge is 2.17. The minimum absolute atomic E-state index is 0.164. The molecule has 0 bridgehead atoms. The van der Waals surface area contributed by atoms with E-state index in [-0.39, 0.29) is 4.88 Å². The van der Waals surface area contributed by atoms with Crippen LogP contribution < -0.4 is 14.2 Å². The topological polar surface area (TPSA) is 77.9 Å².